The number of carboxylic acids is 1. The molecule has 1 aliphatic rings. The summed E-state index contributed by atoms with van der Waals surface area (Å²) in [6.45, 7) is -0.0556. The Morgan fingerprint density at radius 3 is 2.06 bits per heavy atom. The number of carboxylic acid groups (broad SMARTS) is 1. The molecule has 0 aliphatic heterocycles. The lowest BCUT2D eigenvalue weighted by atomic mass is 9.80. The van der Waals surface area contributed by atoms with Crippen LogP contribution in [0.25, 0.3) is 0 Å². The van der Waals surface area contributed by atoms with E-state index in [1.807, 2.05) is 0 Å². The fraction of sp³-hybridized carbons (Fsp3) is 0.727. The zero-order chi connectivity index (χ0) is 13.2. The van der Waals surface area contributed by atoms with Gasteiger partial charge in [-0.1, -0.05) is 25.7 Å². The number of H-pyrrole nitrogens is 2. The summed E-state index contributed by atoms with van der Waals surface area (Å²) in [6, 6.07) is 0. The van der Waals surface area contributed by atoms with Crippen LogP contribution in [0.4, 0.5) is 0 Å². The Balaban J connectivity index is 2.34. The summed E-state index contributed by atoms with van der Waals surface area (Å²) >= 11 is 0. The standard InChI is InChI=1S/C11H17N3O4/c15-8(16)11(5-3-1-2-4-6-11)7-14-9(17)12-13-10(14)18/h1-7H2,(H,12,17)(H,13,18)(H,15,16). The van der Waals surface area contributed by atoms with E-state index in [2.05, 4.69) is 10.2 Å². The first-order chi connectivity index (χ1) is 8.55. The highest BCUT2D eigenvalue weighted by atomic mass is 16.4. The molecule has 1 fully saturated rings. The molecular weight excluding hydrogens is 238 g/mol. The van der Waals surface area contributed by atoms with E-state index in [0.717, 1.165) is 30.3 Å². The van der Waals surface area contributed by atoms with Crippen molar-refractivity contribution in [3.8, 4) is 0 Å². The van der Waals surface area contributed by atoms with Crippen molar-refractivity contribution in [1.29, 1.82) is 0 Å². The normalized spacial score (nSPS) is 19.3. The quantitative estimate of drug-likeness (QED) is 0.674. The molecule has 18 heavy (non-hydrogen) atoms. The Morgan fingerprint density at radius 2 is 1.61 bits per heavy atom. The van der Waals surface area contributed by atoms with E-state index >= 15 is 0 Å². The van der Waals surface area contributed by atoms with E-state index in [4.69, 9.17) is 0 Å². The summed E-state index contributed by atoms with van der Waals surface area (Å²) < 4.78 is 0.944. The van der Waals surface area contributed by atoms with Crippen molar-refractivity contribution < 1.29 is 9.90 Å². The number of aliphatic carboxylic acids is 1. The third kappa shape index (κ3) is 2.25. The van der Waals surface area contributed by atoms with Crippen LogP contribution in [0.3, 0.4) is 0 Å². The summed E-state index contributed by atoms with van der Waals surface area (Å²) in [5, 5.41) is 13.8. The maximum atomic E-state index is 11.5. The van der Waals surface area contributed by atoms with Crippen LogP contribution in [0.15, 0.2) is 9.59 Å². The van der Waals surface area contributed by atoms with Crippen molar-refractivity contribution >= 4 is 5.97 Å². The van der Waals surface area contributed by atoms with E-state index in [-0.39, 0.29) is 6.54 Å². The van der Waals surface area contributed by atoms with Gasteiger partial charge in [0, 0.05) is 6.54 Å². The number of hydrogen-bond donors (Lipinski definition) is 3. The maximum Gasteiger partial charge on any atom is 0.344 e. The van der Waals surface area contributed by atoms with Crippen molar-refractivity contribution in [2.24, 2.45) is 5.41 Å². The number of hydrogen-bond acceptors (Lipinski definition) is 3. The van der Waals surface area contributed by atoms with Crippen LogP contribution in [0, 0.1) is 5.41 Å². The predicted octanol–water partition coefficient (Wildman–Crippen LogP) is 0.290. The van der Waals surface area contributed by atoms with E-state index in [1.165, 1.54) is 0 Å². The summed E-state index contributed by atoms with van der Waals surface area (Å²) in [7, 11) is 0. The van der Waals surface area contributed by atoms with Gasteiger partial charge in [-0.25, -0.2) is 24.4 Å². The number of rotatable bonds is 3. The molecule has 0 atom stereocenters. The molecule has 1 aromatic heterocycles. The van der Waals surface area contributed by atoms with Gasteiger partial charge in [-0.3, -0.25) is 4.79 Å². The number of nitrogens with one attached hydrogen (secondary N) is 2. The lowest BCUT2D eigenvalue weighted by Crippen LogP contribution is -2.41. The minimum Gasteiger partial charge on any atom is -0.481 e. The number of aromatic nitrogens is 3. The van der Waals surface area contributed by atoms with E-state index in [9.17, 15) is 19.5 Å². The SMILES string of the molecule is O=C(O)C1(Cn2c(=O)[nH][nH]c2=O)CCCCCC1. The first kappa shape index (κ1) is 12.7. The molecule has 0 amide bonds. The van der Waals surface area contributed by atoms with Gasteiger partial charge in [0.1, 0.15) is 0 Å². The summed E-state index contributed by atoms with van der Waals surface area (Å²) in [5.74, 6) is -0.920. The molecule has 1 saturated carbocycles. The van der Waals surface area contributed by atoms with Gasteiger partial charge in [0.2, 0.25) is 0 Å². The van der Waals surface area contributed by atoms with Crippen molar-refractivity contribution in [1.82, 2.24) is 14.8 Å². The van der Waals surface area contributed by atoms with Gasteiger partial charge >= 0.3 is 17.3 Å². The fourth-order valence-corrected chi connectivity index (χ4v) is 2.63. The van der Waals surface area contributed by atoms with Crippen molar-refractivity contribution in [3.63, 3.8) is 0 Å². The summed E-state index contributed by atoms with van der Waals surface area (Å²) in [5.41, 5.74) is -2.15. The molecule has 0 saturated heterocycles. The van der Waals surface area contributed by atoms with Crippen LogP contribution in [0.2, 0.25) is 0 Å². The number of nitrogens with zero attached hydrogens (tertiary/aromatic N) is 1. The van der Waals surface area contributed by atoms with Gasteiger partial charge in [-0.05, 0) is 12.8 Å². The number of aromatic amines is 2. The minimum atomic E-state index is -0.991. The van der Waals surface area contributed by atoms with E-state index in [0.29, 0.717) is 12.8 Å². The molecule has 2 rings (SSSR count). The van der Waals surface area contributed by atoms with Gasteiger partial charge < -0.3 is 5.11 Å². The minimum absolute atomic E-state index is 0.0556. The van der Waals surface area contributed by atoms with Crippen LogP contribution < -0.4 is 11.4 Å². The summed E-state index contributed by atoms with van der Waals surface area (Å²) in [6.07, 6.45) is 4.69. The first-order valence-corrected chi connectivity index (χ1v) is 6.16. The zero-order valence-corrected chi connectivity index (χ0v) is 10.1. The largest absolute Gasteiger partial charge is 0.481 e. The molecule has 0 unspecified atom stereocenters. The van der Waals surface area contributed by atoms with E-state index < -0.39 is 22.8 Å². The van der Waals surface area contributed by atoms with Crippen LogP contribution in [0.5, 0.6) is 0 Å². The second-order valence-electron chi connectivity index (χ2n) is 4.95. The molecule has 7 nitrogen and oxygen atoms in total. The van der Waals surface area contributed by atoms with Crippen LogP contribution in [0.1, 0.15) is 38.5 Å². The highest BCUT2D eigenvalue weighted by molar-refractivity contribution is 5.74. The second kappa shape index (κ2) is 4.83. The fourth-order valence-electron chi connectivity index (χ4n) is 2.63. The lowest BCUT2D eigenvalue weighted by molar-refractivity contribution is -0.151. The Labute approximate surface area is 103 Å². The molecule has 3 N–H and O–H groups in total. The van der Waals surface area contributed by atoms with E-state index in [1.54, 1.807) is 0 Å². The average molecular weight is 255 g/mol. The number of carbonyl (C=O) groups is 1. The molecule has 7 heteroatoms. The van der Waals surface area contributed by atoms with Crippen molar-refractivity contribution in [2.75, 3.05) is 0 Å². The summed E-state index contributed by atoms with van der Waals surface area (Å²) in [4.78, 5) is 34.4. The molecule has 0 radical (unpaired) electrons. The highest BCUT2D eigenvalue weighted by Gasteiger charge is 2.39. The Hall–Kier alpha value is -1.79. The lowest BCUT2D eigenvalue weighted by Gasteiger charge is -2.27. The van der Waals surface area contributed by atoms with Gasteiger partial charge in [-0.2, -0.15) is 0 Å². The molecular formula is C11H17N3O4. The topological polar surface area (TPSA) is 108 Å². The smallest absolute Gasteiger partial charge is 0.344 e. The molecule has 1 heterocycles. The monoisotopic (exact) mass is 255 g/mol. The van der Waals surface area contributed by atoms with Gasteiger partial charge in [0.05, 0.1) is 5.41 Å². The zero-order valence-electron chi connectivity index (χ0n) is 10.1. The van der Waals surface area contributed by atoms with Crippen LogP contribution in [-0.4, -0.2) is 25.8 Å². The predicted molar refractivity (Wildman–Crippen MR) is 63.4 cm³/mol. The van der Waals surface area contributed by atoms with Gasteiger partial charge in [0.15, 0.2) is 0 Å². The molecule has 0 spiro atoms. The van der Waals surface area contributed by atoms with Crippen LogP contribution in [-0.2, 0) is 11.3 Å². The third-order valence-electron chi connectivity index (χ3n) is 3.74. The molecule has 0 aromatic carbocycles. The van der Waals surface area contributed by atoms with Crippen molar-refractivity contribution in [3.05, 3.63) is 21.0 Å². The first-order valence-electron chi connectivity index (χ1n) is 6.16. The highest BCUT2D eigenvalue weighted by Crippen LogP contribution is 2.36. The van der Waals surface area contributed by atoms with Crippen LogP contribution >= 0.6 is 0 Å². The molecule has 100 valence electrons. The molecule has 0 bridgehead atoms. The second-order valence-corrected chi connectivity index (χ2v) is 4.95. The molecule has 1 aromatic rings. The Bertz CT molecular complexity index is 503. The maximum absolute atomic E-state index is 11.5. The van der Waals surface area contributed by atoms with Gasteiger partial charge in [-0.15, -0.1) is 0 Å². The molecule has 1 aliphatic carbocycles. The average Bonchev–Trinajstić information content (AvgIpc) is 2.58. The van der Waals surface area contributed by atoms with Gasteiger partial charge in [0.25, 0.3) is 0 Å². The van der Waals surface area contributed by atoms with Crippen molar-refractivity contribution in [2.45, 2.75) is 45.1 Å². The Kier molecular flexibility index (Phi) is 3.40. The third-order valence-corrected chi connectivity index (χ3v) is 3.74. The Morgan fingerprint density at radius 1 is 1.11 bits per heavy atom.